The molecular weight excluding hydrogens is 481 g/mol. The number of carbonyl (C=O) groups excluding carboxylic acids is 1. The zero-order valence-electron chi connectivity index (χ0n) is 20.9. The number of rotatable bonds is 10. The van der Waals surface area contributed by atoms with Gasteiger partial charge in [-0.3, -0.25) is 9.59 Å². The van der Waals surface area contributed by atoms with Crippen molar-refractivity contribution in [2.24, 2.45) is 5.92 Å². The summed E-state index contributed by atoms with van der Waals surface area (Å²) in [5, 5.41) is 12.0. The Morgan fingerprint density at radius 2 is 1.81 bits per heavy atom. The number of aromatic nitrogens is 1. The van der Waals surface area contributed by atoms with Crippen molar-refractivity contribution in [2.75, 3.05) is 5.32 Å². The van der Waals surface area contributed by atoms with Crippen molar-refractivity contribution < 1.29 is 27.9 Å². The highest BCUT2D eigenvalue weighted by Gasteiger charge is 2.48. The Hall–Kier alpha value is -3.55. The molecule has 1 aromatic heterocycles. The molecular formula is C29H31F3N2O3. The summed E-state index contributed by atoms with van der Waals surface area (Å²) >= 11 is 0. The van der Waals surface area contributed by atoms with Gasteiger partial charge in [0.2, 0.25) is 0 Å². The molecule has 0 spiro atoms. The monoisotopic (exact) mass is 512 g/mol. The fourth-order valence-corrected chi connectivity index (χ4v) is 4.91. The summed E-state index contributed by atoms with van der Waals surface area (Å²) in [6.07, 6.45) is -1.03. The number of carbonyl (C=O) groups is 2. The lowest BCUT2D eigenvalue weighted by molar-refractivity contribution is -0.140. The van der Waals surface area contributed by atoms with Crippen LogP contribution >= 0.6 is 0 Å². The van der Waals surface area contributed by atoms with Gasteiger partial charge in [0.05, 0.1) is 11.5 Å². The Morgan fingerprint density at radius 1 is 1.08 bits per heavy atom. The largest absolute Gasteiger partial charge is 0.481 e. The number of carboxylic acids is 1. The maximum absolute atomic E-state index is 13.6. The van der Waals surface area contributed by atoms with Crippen LogP contribution in [-0.2, 0) is 23.8 Å². The zero-order valence-corrected chi connectivity index (χ0v) is 20.9. The molecule has 1 saturated carbocycles. The Kier molecular flexibility index (Phi) is 7.76. The summed E-state index contributed by atoms with van der Waals surface area (Å²) in [5.74, 6) is -3.08. The first kappa shape index (κ1) is 26.5. The molecule has 196 valence electrons. The maximum atomic E-state index is 13.6. The molecule has 1 heterocycles. The molecule has 1 aliphatic rings. The molecule has 1 fully saturated rings. The predicted octanol–water partition coefficient (Wildman–Crippen LogP) is 7.09. The Balaban J connectivity index is 1.54. The Morgan fingerprint density at radius 3 is 2.43 bits per heavy atom. The average Bonchev–Trinajstić information content (AvgIpc) is 3.56. The Bertz CT molecular complexity index is 1270. The molecule has 8 heteroatoms. The molecule has 2 aromatic carbocycles. The number of amides is 1. The van der Waals surface area contributed by atoms with E-state index in [0.29, 0.717) is 5.69 Å². The summed E-state index contributed by atoms with van der Waals surface area (Å²) in [4.78, 5) is 24.6. The second kappa shape index (κ2) is 10.8. The fraction of sp³-hybridized carbons (Fsp3) is 0.379. The molecule has 0 bridgehead atoms. The highest BCUT2D eigenvalue weighted by molar-refractivity contribution is 6.03. The number of anilines is 1. The molecule has 0 aliphatic heterocycles. The molecule has 1 aliphatic carbocycles. The number of aryl methyl sites for hydroxylation is 2. The number of benzene rings is 2. The van der Waals surface area contributed by atoms with Crippen molar-refractivity contribution in [1.29, 1.82) is 0 Å². The SMILES string of the molecule is CC[C@H](C)n1c(CCCc2ccccc2)ccc1C(=O)Nc1ccc(C(F)(F)F)c([C@@H]2C[C@@H]2C(=O)O)c1. The quantitative estimate of drug-likeness (QED) is 0.305. The van der Waals surface area contributed by atoms with Gasteiger partial charge >= 0.3 is 12.1 Å². The van der Waals surface area contributed by atoms with Gasteiger partial charge in [-0.25, -0.2) is 0 Å². The summed E-state index contributed by atoms with van der Waals surface area (Å²) in [7, 11) is 0. The van der Waals surface area contributed by atoms with Crippen LogP contribution in [0.25, 0.3) is 0 Å². The molecule has 2 N–H and O–H groups in total. The Labute approximate surface area is 214 Å². The van der Waals surface area contributed by atoms with Crippen molar-refractivity contribution in [2.45, 2.75) is 64.1 Å². The highest BCUT2D eigenvalue weighted by Crippen LogP contribution is 2.51. The van der Waals surface area contributed by atoms with Crippen molar-refractivity contribution in [3.05, 3.63) is 88.7 Å². The normalized spacial score (nSPS) is 17.9. The van der Waals surface area contributed by atoms with Crippen LogP contribution < -0.4 is 5.32 Å². The minimum absolute atomic E-state index is 0.0634. The van der Waals surface area contributed by atoms with E-state index in [2.05, 4.69) is 17.4 Å². The van der Waals surface area contributed by atoms with Gasteiger partial charge in [-0.15, -0.1) is 0 Å². The lowest BCUT2D eigenvalue weighted by atomic mass is 10.0. The van der Waals surface area contributed by atoms with E-state index in [1.54, 1.807) is 6.07 Å². The molecule has 5 nitrogen and oxygen atoms in total. The molecule has 0 unspecified atom stereocenters. The third kappa shape index (κ3) is 6.06. The van der Waals surface area contributed by atoms with Crippen molar-refractivity contribution in [3.8, 4) is 0 Å². The van der Waals surface area contributed by atoms with Gasteiger partial charge in [0, 0.05) is 17.4 Å². The first-order valence-electron chi connectivity index (χ1n) is 12.6. The molecule has 3 aromatic rings. The van der Waals surface area contributed by atoms with E-state index >= 15 is 0 Å². The standard InChI is InChI=1S/C29H31F3N2O3/c1-3-18(2)34-21(11-7-10-19-8-5-4-6-9-19)13-15-26(34)27(35)33-20-12-14-25(29(30,31)32)23(16-20)22-17-24(22)28(36)37/h4-6,8-9,12-16,18,22,24H,3,7,10-11,17H2,1-2H3,(H,33,35)(H,36,37)/t18-,22-,24-/m0/s1. The van der Waals surface area contributed by atoms with E-state index in [1.807, 2.05) is 42.7 Å². The van der Waals surface area contributed by atoms with Crippen LogP contribution in [0.1, 0.15) is 77.9 Å². The van der Waals surface area contributed by atoms with E-state index in [1.165, 1.54) is 17.7 Å². The van der Waals surface area contributed by atoms with Gasteiger partial charge in [0.1, 0.15) is 5.69 Å². The number of carboxylic acid groups (broad SMARTS) is 1. The first-order chi connectivity index (χ1) is 17.6. The van der Waals surface area contributed by atoms with Gasteiger partial charge in [0.15, 0.2) is 0 Å². The molecule has 0 radical (unpaired) electrons. The van der Waals surface area contributed by atoms with E-state index in [9.17, 15) is 27.9 Å². The van der Waals surface area contributed by atoms with Gasteiger partial charge < -0.3 is 15.0 Å². The smallest absolute Gasteiger partial charge is 0.416 e. The lowest BCUT2D eigenvalue weighted by Gasteiger charge is -2.20. The number of nitrogens with zero attached hydrogens (tertiary/aromatic N) is 1. The number of halogens is 3. The third-order valence-corrected chi connectivity index (χ3v) is 7.13. The zero-order chi connectivity index (χ0) is 26.7. The summed E-state index contributed by atoms with van der Waals surface area (Å²) < 4.78 is 42.7. The molecule has 1 amide bonds. The van der Waals surface area contributed by atoms with E-state index in [4.69, 9.17) is 0 Å². The lowest BCUT2D eigenvalue weighted by Crippen LogP contribution is -2.21. The van der Waals surface area contributed by atoms with Gasteiger partial charge in [-0.1, -0.05) is 37.3 Å². The number of hydrogen-bond donors (Lipinski definition) is 2. The topological polar surface area (TPSA) is 71.3 Å². The van der Waals surface area contributed by atoms with E-state index in [0.717, 1.165) is 37.4 Å². The molecule has 3 atom stereocenters. The fourth-order valence-electron chi connectivity index (χ4n) is 4.91. The van der Waals surface area contributed by atoms with Crippen molar-refractivity contribution in [3.63, 3.8) is 0 Å². The van der Waals surface area contributed by atoms with E-state index in [-0.39, 0.29) is 23.7 Å². The first-order valence-corrected chi connectivity index (χ1v) is 12.6. The van der Waals surface area contributed by atoms with Crippen LogP contribution in [-0.4, -0.2) is 21.6 Å². The third-order valence-electron chi connectivity index (χ3n) is 7.13. The van der Waals surface area contributed by atoms with Crippen LogP contribution in [0, 0.1) is 5.92 Å². The van der Waals surface area contributed by atoms with Crippen LogP contribution in [0.2, 0.25) is 0 Å². The van der Waals surface area contributed by atoms with Crippen LogP contribution in [0.15, 0.2) is 60.7 Å². The minimum Gasteiger partial charge on any atom is -0.481 e. The van der Waals surface area contributed by atoms with Crippen LogP contribution in [0.3, 0.4) is 0 Å². The van der Waals surface area contributed by atoms with Crippen LogP contribution in [0.5, 0.6) is 0 Å². The molecule has 4 rings (SSSR count). The summed E-state index contributed by atoms with van der Waals surface area (Å²) in [5.41, 5.74) is 2.00. The van der Waals surface area contributed by atoms with Crippen LogP contribution in [0.4, 0.5) is 18.9 Å². The minimum atomic E-state index is -4.61. The number of nitrogens with one attached hydrogen (secondary N) is 1. The average molecular weight is 513 g/mol. The molecule has 0 saturated heterocycles. The van der Waals surface area contributed by atoms with Crippen molar-refractivity contribution >= 4 is 17.6 Å². The van der Waals surface area contributed by atoms with E-state index < -0.39 is 35.5 Å². The predicted molar refractivity (Wildman–Crippen MR) is 136 cm³/mol. The number of alkyl halides is 3. The van der Waals surface area contributed by atoms with Gasteiger partial charge in [-0.05, 0) is 86.4 Å². The summed E-state index contributed by atoms with van der Waals surface area (Å²) in [6.45, 7) is 4.07. The maximum Gasteiger partial charge on any atom is 0.416 e. The second-order valence-corrected chi connectivity index (χ2v) is 9.72. The van der Waals surface area contributed by atoms with Gasteiger partial charge in [0.25, 0.3) is 5.91 Å². The van der Waals surface area contributed by atoms with Crippen molar-refractivity contribution in [1.82, 2.24) is 4.57 Å². The second-order valence-electron chi connectivity index (χ2n) is 9.72. The van der Waals surface area contributed by atoms with Gasteiger partial charge in [-0.2, -0.15) is 13.2 Å². The number of aliphatic carboxylic acids is 1. The summed E-state index contributed by atoms with van der Waals surface area (Å²) in [6, 6.07) is 17.4. The number of hydrogen-bond acceptors (Lipinski definition) is 2. The highest BCUT2D eigenvalue weighted by atomic mass is 19.4. The molecule has 37 heavy (non-hydrogen) atoms.